The van der Waals surface area contributed by atoms with Gasteiger partial charge in [-0.15, -0.1) is 0 Å². The van der Waals surface area contributed by atoms with Crippen LogP contribution in [0.5, 0.6) is 0 Å². The lowest BCUT2D eigenvalue weighted by Crippen LogP contribution is -2.23. The molecule has 76 valence electrons. The first-order chi connectivity index (χ1) is 6.11. The Labute approximate surface area is 78.7 Å². The fourth-order valence-corrected chi connectivity index (χ4v) is 0.655. The molecule has 13 heavy (non-hydrogen) atoms. The third-order valence-corrected chi connectivity index (χ3v) is 1.34. The van der Waals surface area contributed by atoms with Gasteiger partial charge in [0.05, 0.1) is 6.61 Å². The second kappa shape index (κ2) is 6.62. The molecule has 0 bridgehead atoms. The number of rotatable bonds is 6. The van der Waals surface area contributed by atoms with Crippen molar-refractivity contribution < 1.29 is 14.3 Å². The Balaban J connectivity index is 3.83. The van der Waals surface area contributed by atoms with Gasteiger partial charge in [0.25, 0.3) is 0 Å². The molecule has 2 N–H and O–H groups in total. The summed E-state index contributed by atoms with van der Waals surface area (Å²) in [5, 5.41) is 0. The maximum Gasteiger partial charge on any atom is 0.335 e. The van der Waals surface area contributed by atoms with Crippen molar-refractivity contribution in [3.63, 3.8) is 0 Å². The maximum absolute atomic E-state index is 11.0. The largest absolute Gasteiger partial charge is 0.432 e. The van der Waals surface area contributed by atoms with Gasteiger partial charge in [-0.3, -0.25) is 0 Å². The van der Waals surface area contributed by atoms with E-state index < -0.39 is 12.3 Å². The summed E-state index contributed by atoms with van der Waals surface area (Å²) in [5.74, 6) is -0.427. The second-order valence-electron chi connectivity index (χ2n) is 2.68. The zero-order valence-electron chi connectivity index (χ0n) is 8.21. The molecule has 0 spiro atoms. The SMILES string of the molecule is C=C(C)C(=O)OC(CC)OCCN. The molecule has 4 nitrogen and oxygen atoms in total. The van der Waals surface area contributed by atoms with Gasteiger partial charge in [-0.2, -0.15) is 0 Å². The zero-order valence-corrected chi connectivity index (χ0v) is 8.21. The van der Waals surface area contributed by atoms with Gasteiger partial charge in [0.15, 0.2) is 0 Å². The normalized spacial score (nSPS) is 12.2. The number of ether oxygens (including phenoxy) is 2. The zero-order chi connectivity index (χ0) is 10.3. The number of carbonyl (C=O) groups excluding carboxylic acids is 1. The molecule has 1 unspecified atom stereocenters. The van der Waals surface area contributed by atoms with Crippen LogP contribution >= 0.6 is 0 Å². The Hall–Kier alpha value is -0.870. The molecule has 0 radical (unpaired) electrons. The highest BCUT2D eigenvalue weighted by atomic mass is 16.7. The first-order valence-electron chi connectivity index (χ1n) is 4.30. The average molecular weight is 187 g/mol. The van der Waals surface area contributed by atoms with Gasteiger partial charge in [0.1, 0.15) is 0 Å². The van der Waals surface area contributed by atoms with Crippen LogP contribution in [0.2, 0.25) is 0 Å². The standard InChI is InChI=1S/C9H17NO3/c1-4-8(12-6-5-10)13-9(11)7(2)3/h8H,2,4-6,10H2,1,3H3. The molecule has 0 aliphatic rings. The van der Waals surface area contributed by atoms with E-state index >= 15 is 0 Å². The van der Waals surface area contributed by atoms with Crippen molar-refractivity contribution in [3.8, 4) is 0 Å². The van der Waals surface area contributed by atoms with Gasteiger partial charge in [-0.1, -0.05) is 13.5 Å². The minimum Gasteiger partial charge on any atom is -0.432 e. The van der Waals surface area contributed by atoms with Crippen LogP contribution in [-0.4, -0.2) is 25.4 Å². The molecule has 0 amide bonds. The molecule has 1 atom stereocenters. The first kappa shape index (κ1) is 12.1. The summed E-state index contributed by atoms with van der Waals surface area (Å²) in [6, 6.07) is 0. The maximum atomic E-state index is 11.0. The molecule has 0 fully saturated rings. The molecular weight excluding hydrogens is 170 g/mol. The Morgan fingerprint density at radius 3 is 2.62 bits per heavy atom. The number of hydrogen-bond donors (Lipinski definition) is 1. The summed E-state index contributed by atoms with van der Waals surface area (Å²) >= 11 is 0. The van der Waals surface area contributed by atoms with Crippen molar-refractivity contribution >= 4 is 5.97 Å². The van der Waals surface area contributed by atoms with Crippen LogP contribution in [0.15, 0.2) is 12.2 Å². The summed E-state index contributed by atoms with van der Waals surface area (Å²) in [6.45, 7) is 7.74. The molecule has 0 rings (SSSR count). The second-order valence-corrected chi connectivity index (χ2v) is 2.68. The van der Waals surface area contributed by atoms with E-state index in [1.54, 1.807) is 6.92 Å². The van der Waals surface area contributed by atoms with Crippen molar-refractivity contribution in [1.29, 1.82) is 0 Å². The van der Waals surface area contributed by atoms with E-state index in [1.807, 2.05) is 6.92 Å². The highest BCUT2D eigenvalue weighted by Crippen LogP contribution is 2.03. The number of carbonyl (C=O) groups is 1. The Bertz CT molecular complexity index is 180. The summed E-state index contributed by atoms with van der Waals surface area (Å²) in [4.78, 5) is 11.0. The third-order valence-electron chi connectivity index (χ3n) is 1.34. The van der Waals surface area contributed by atoms with Gasteiger partial charge < -0.3 is 15.2 Å². The first-order valence-corrected chi connectivity index (χ1v) is 4.30. The predicted molar refractivity (Wildman–Crippen MR) is 50.0 cm³/mol. The summed E-state index contributed by atoms with van der Waals surface area (Å²) in [6.07, 6.45) is 0.103. The fraction of sp³-hybridized carbons (Fsp3) is 0.667. The molecule has 0 saturated heterocycles. The van der Waals surface area contributed by atoms with Crippen molar-refractivity contribution in [2.24, 2.45) is 5.73 Å². The monoisotopic (exact) mass is 187 g/mol. The van der Waals surface area contributed by atoms with Crippen LogP contribution in [0, 0.1) is 0 Å². The van der Waals surface area contributed by atoms with E-state index in [0.29, 0.717) is 25.1 Å². The summed E-state index contributed by atoms with van der Waals surface area (Å²) < 4.78 is 10.1. The molecule has 0 aromatic carbocycles. The highest BCUT2D eigenvalue weighted by Gasteiger charge is 2.12. The predicted octanol–water partition coefficient (Wildman–Crippen LogP) is 0.817. The van der Waals surface area contributed by atoms with Crippen molar-refractivity contribution in [1.82, 2.24) is 0 Å². The quantitative estimate of drug-likeness (QED) is 0.380. The molecule has 0 aliphatic heterocycles. The molecule has 0 aromatic rings. The number of esters is 1. The molecule has 0 aliphatic carbocycles. The Morgan fingerprint density at radius 1 is 1.62 bits per heavy atom. The fourth-order valence-electron chi connectivity index (χ4n) is 0.655. The lowest BCUT2D eigenvalue weighted by Gasteiger charge is -2.16. The van der Waals surface area contributed by atoms with Gasteiger partial charge >= 0.3 is 5.97 Å². The van der Waals surface area contributed by atoms with E-state index in [4.69, 9.17) is 15.2 Å². The van der Waals surface area contributed by atoms with E-state index in [9.17, 15) is 4.79 Å². The van der Waals surface area contributed by atoms with Crippen LogP contribution in [0.4, 0.5) is 0 Å². The van der Waals surface area contributed by atoms with E-state index in [-0.39, 0.29) is 0 Å². The lowest BCUT2D eigenvalue weighted by atomic mass is 10.3. The van der Waals surface area contributed by atoms with Gasteiger partial charge in [-0.05, 0) is 6.92 Å². The van der Waals surface area contributed by atoms with Crippen LogP contribution in [0.25, 0.3) is 0 Å². The molecular formula is C9H17NO3. The van der Waals surface area contributed by atoms with Crippen molar-refractivity contribution in [2.75, 3.05) is 13.2 Å². The molecule has 0 aromatic heterocycles. The van der Waals surface area contributed by atoms with E-state index in [1.165, 1.54) is 0 Å². The highest BCUT2D eigenvalue weighted by molar-refractivity contribution is 5.86. The topological polar surface area (TPSA) is 61.5 Å². The smallest absolute Gasteiger partial charge is 0.335 e. The van der Waals surface area contributed by atoms with E-state index in [2.05, 4.69) is 6.58 Å². The van der Waals surface area contributed by atoms with Crippen LogP contribution in [0.3, 0.4) is 0 Å². The minimum atomic E-state index is -0.507. The summed E-state index contributed by atoms with van der Waals surface area (Å²) in [7, 11) is 0. The Morgan fingerprint density at radius 2 is 2.23 bits per heavy atom. The Kier molecular flexibility index (Phi) is 6.18. The van der Waals surface area contributed by atoms with Gasteiger partial charge in [-0.25, -0.2) is 4.79 Å². The molecule has 0 heterocycles. The lowest BCUT2D eigenvalue weighted by molar-refractivity contribution is -0.174. The van der Waals surface area contributed by atoms with Crippen LogP contribution in [0.1, 0.15) is 20.3 Å². The molecule has 0 saturated carbocycles. The third kappa shape index (κ3) is 5.38. The number of nitrogens with two attached hydrogens (primary N) is 1. The summed E-state index contributed by atoms with van der Waals surface area (Å²) in [5.41, 5.74) is 5.61. The van der Waals surface area contributed by atoms with Gasteiger partial charge in [0, 0.05) is 18.5 Å². The van der Waals surface area contributed by atoms with Gasteiger partial charge in [0.2, 0.25) is 6.29 Å². The number of hydrogen-bond acceptors (Lipinski definition) is 4. The molecule has 4 heteroatoms. The van der Waals surface area contributed by atoms with Crippen molar-refractivity contribution in [3.05, 3.63) is 12.2 Å². The van der Waals surface area contributed by atoms with Crippen molar-refractivity contribution in [2.45, 2.75) is 26.6 Å². The van der Waals surface area contributed by atoms with E-state index in [0.717, 1.165) is 0 Å². The minimum absolute atomic E-state index is 0.370. The van der Waals surface area contributed by atoms with Crippen LogP contribution < -0.4 is 5.73 Å². The average Bonchev–Trinajstić information content (AvgIpc) is 2.11. The van der Waals surface area contributed by atoms with Crippen LogP contribution in [-0.2, 0) is 14.3 Å².